The van der Waals surface area contributed by atoms with Crippen molar-refractivity contribution in [3.63, 3.8) is 0 Å². The lowest BCUT2D eigenvalue weighted by Crippen LogP contribution is -2.38. The maximum absolute atomic E-state index is 13.0. The smallest absolute Gasteiger partial charge is 0.278 e. The van der Waals surface area contributed by atoms with Crippen molar-refractivity contribution >= 4 is 17.2 Å². The average Bonchev–Trinajstić information content (AvgIpc) is 3.20. The molecule has 2 aliphatic rings. The largest absolute Gasteiger partial charge is 0.464 e. The number of hydrogen-bond acceptors (Lipinski definition) is 7. The summed E-state index contributed by atoms with van der Waals surface area (Å²) in [4.78, 5) is 20.3. The first kappa shape index (κ1) is 23.0. The number of thiazole rings is 1. The number of carbonyl (C=O) groups is 1. The molecule has 1 aliphatic carbocycles. The van der Waals surface area contributed by atoms with Crippen LogP contribution in [0.15, 0.2) is 18.5 Å². The van der Waals surface area contributed by atoms with Gasteiger partial charge in [0.15, 0.2) is 6.61 Å². The van der Waals surface area contributed by atoms with Crippen LogP contribution in [-0.2, 0) is 13.0 Å². The van der Waals surface area contributed by atoms with Gasteiger partial charge in [-0.15, -0.1) is 0 Å². The molecule has 32 heavy (non-hydrogen) atoms. The molecular formula is C22H29F2N5O2S. The molecule has 0 spiro atoms. The summed E-state index contributed by atoms with van der Waals surface area (Å²) in [7, 11) is 0. The van der Waals surface area contributed by atoms with Crippen LogP contribution in [-0.4, -0.2) is 57.6 Å². The minimum Gasteiger partial charge on any atom is -0.464 e. The predicted octanol–water partition coefficient (Wildman–Crippen LogP) is 3.70. The molecule has 2 aromatic rings. The van der Waals surface area contributed by atoms with E-state index in [0.717, 1.165) is 75.7 Å². The Morgan fingerprint density at radius 3 is 2.84 bits per heavy atom. The van der Waals surface area contributed by atoms with Crippen LogP contribution in [0.5, 0.6) is 5.19 Å². The van der Waals surface area contributed by atoms with Crippen molar-refractivity contribution in [1.82, 2.24) is 25.4 Å². The zero-order valence-electron chi connectivity index (χ0n) is 18.2. The van der Waals surface area contributed by atoms with Crippen LogP contribution in [0.1, 0.15) is 60.0 Å². The molecule has 10 heteroatoms. The fourth-order valence-electron chi connectivity index (χ4n) is 4.32. The van der Waals surface area contributed by atoms with Gasteiger partial charge in [0.2, 0.25) is 0 Å². The Hall–Kier alpha value is -2.20. The summed E-state index contributed by atoms with van der Waals surface area (Å²) in [5.74, 6) is -2.27. The summed E-state index contributed by atoms with van der Waals surface area (Å²) in [6.45, 7) is 2.94. The number of rotatable bonds is 8. The molecule has 0 radical (unpaired) electrons. The second-order valence-electron chi connectivity index (χ2n) is 8.85. The first-order chi connectivity index (χ1) is 15.4. The van der Waals surface area contributed by atoms with Crippen LogP contribution in [0, 0.1) is 5.92 Å². The topological polar surface area (TPSA) is 80.2 Å². The Kier molecular flexibility index (Phi) is 7.30. The van der Waals surface area contributed by atoms with Crippen LogP contribution in [0.25, 0.3) is 0 Å². The third kappa shape index (κ3) is 6.41. The lowest BCUT2D eigenvalue weighted by atomic mass is 9.84. The molecule has 1 aliphatic heterocycles. The Morgan fingerprint density at radius 2 is 2.12 bits per heavy atom. The number of carbonyl (C=O) groups excluding carboxylic acids is 1. The highest BCUT2D eigenvalue weighted by molar-refractivity contribution is 7.13. The number of nitrogens with one attached hydrogen (secondary N) is 1. The van der Waals surface area contributed by atoms with Gasteiger partial charge in [-0.1, -0.05) is 11.3 Å². The third-order valence-corrected chi connectivity index (χ3v) is 7.19. The molecule has 0 atom stereocenters. The molecule has 174 valence electrons. The van der Waals surface area contributed by atoms with Gasteiger partial charge in [-0.3, -0.25) is 9.69 Å². The van der Waals surface area contributed by atoms with Gasteiger partial charge in [-0.05, 0) is 57.1 Å². The summed E-state index contributed by atoms with van der Waals surface area (Å²) in [5, 5.41) is 10.9. The van der Waals surface area contributed by atoms with Crippen LogP contribution in [0.2, 0.25) is 0 Å². The minimum atomic E-state index is -2.85. The summed E-state index contributed by atoms with van der Waals surface area (Å²) in [6.07, 6.45) is 9.24. The second-order valence-corrected chi connectivity index (χ2v) is 9.89. The van der Waals surface area contributed by atoms with Crippen molar-refractivity contribution in [2.75, 3.05) is 19.7 Å². The van der Waals surface area contributed by atoms with Gasteiger partial charge in [0.1, 0.15) is 0 Å². The molecule has 0 bridgehead atoms. The Bertz CT molecular complexity index is 897. The van der Waals surface area contributed by atoms with E-state index in [1.807, 2.05) is 0 Å². The van der Waals surface area contributed by atoms with Crippen molar-refractivity contribution in [3.8, 4) is 5.19 Å². The van der Waals surface area contributed by atoms with Gasteiger partial charge in [0, 0.05) is 30.9 Å². The van der Waals surface area contributed by atoms with Crippen LogP contribution < -0.4 is 10.1 Å². The van der Waals surface area contributed by atoms with Crippen LogP contribution in [0.3, 0.4) is 0 Å². The minimum absolute atomic E-state index is 0.0817. The van der Waals surface area contributed by atoms with Crippen LogP contribution >= 0.6 is 11.3 Å². The highest BCUT2D eigenvalue weighted by Gasteiger charge is 2.27. The zero-order chi connectivity index (χ0) is 22.6. The predicted molar refractivity (Wildman–Crippen MR) is 117 cm³/mol. The number of halogens is 2. The number of nitrogens with zero attached hydrogens (tertiary/aromatic N) is 4. The van der Waals surface area contributed by atoms with Gasteiger partial charge < -0.3 is 10.1 Å². The number of ether oxygens (including phenoxy) is 1. The number of aromatic nitrogens is 3. The SMILES string of the molecule is CC(F)(F)COc1nc2c(s1)CCN(CC[C@H]1CC[C@H](NC(=O)c3ccnnc3)CC1)C2. The standard InChI is InChI=1S/C22H29F2N5O2S/c1-22(23,24)14-31-21-28-18-13-29(11-8-19(18)32-21)10-7-15-2-4-17(5-3-15)27-20(30)16-6-9-25-26-12-16/h6,9,12,15,17H,2-5,7-8,10-11,13-14H2,1H3,(H,27,30)/t15-,17-. The quantitative estimate of drug-likeness (QED) is 0.640. The highest BCUT2D eigenvalue weighted by atomic mass is 32.1. The molecular weight excluding hydrogens is 436 g/mol. The van der Waals surface area contributed by atoms with Crippen LogP contribution in [0.4, 0.5) is 8.78 Å². The molecule has 1 amide bonds. The first-order valence-corrected chi connectivity index (χ1v) is 12.0. The Morgan fingerprint density at radius 1 is 1.31 bits per heavy atom. The van der Waals surface area contributed by atoms with E-state index in [2.05, 4.69) is 25.4 Å². The normalized spacial score (nSPS) is 21.7. The van der Waals surface area contributed by atoms with E-state index in [0.29, 0.717) is 16.7 Å². The van der Waals surface area contributed by atoms with E-state index >= 15 is 0 Å². The van der Waals surface area contributed by atoms with E-state index in [9.17, 15) is 13.6 Å². The van der Waals surface area contributed by atoms with Crippen molar-refractivity contribution in [3.05, 3.63) is 34.6 Å². The molecule has 0 unspecified atom stereocenters. The van der Waals surface area contributed by atoms with Gasteiger partial charge in [0.25, 0.3) is 17.0 Å². The maximum atomic E-state index is 13.0. The number of hydrogen-bond donors (Lipinski definition) is 1. The molecule has 2 aromatic heterocycles. The zero-order valence-corrected chi connectivity index (χ0v) is 19.0. The fraction of sp³-hybridized carbons (Fsp3) is 0.636. The maximum Gasteiger partial charge on any atom is 0.278 e. The molecule has 4 rings (SSSR count). The lowest BCUT2D eigenvalue weighted by Gasteiger charge is -2.32. The van der Waals surface area contributed by atoms with Crippen molar-refractivity contribution < 1.29 is 18.3 Å². The lowest BCUT2D eigenvalue weighted by molar-refractivity contribution is -0.0230. The molecule has 1 N–H and O–H groups in total. The van der Waals surface area contributed by atoms with E-state index < -0.39 is 12.5 Å². The monoisotopic (exact) mass is 465 g/mol. The number of fused-ring (bicyclic) bond motifs is 1. The summed E-state index contributed by atoms with van der Waals surface area (Å²) < 4.78 is 31.2. The van der Waals surface area contributed by atoms with E-state index in [1.165, 1.54) is 23.7 Å². The molecule has 7 nitrogen and oxygen atoms in total. The molecule has 1 fully saturated rings. The second kappa shape index (κ2) is 10.2. The Labute approximate surface area is 190 Å². The van der Waals surface area contributed by atoms with Gasteiger partial charge in [-0.25, -0.2) is 13.8 Å². The fourth-order valence-corrected chi connectivity index (χ4v) is 5.23. The summed E-state index contributed by atoms with van der Waals surface area (Å²) in [6, 6.07) is 1.89. The Balaban J connectivity index is 1.17. The van der Waals surface area contributed by atoms with E-state index in [-0.39, 0.29) is 11.9 Å². The average molecular weight is 466 g/mol. The molecule has 1 saturated carbocycles. The number of alkyl halides is 2. The van der Waals surface area contributed by atoms with Gasteiger partial charge in [-0.2, -0.15) is 10.2 Å². The van der Waals surface area contributed by atoms with Crippen molar-refractivity contribution in [2.24, 2.45) is 5.92 Å². The highest BCUT2D eigenvalue weighted by Crippen LogP contribution is 2.32. The van der Waals surface area contributed by atoms with Gasteiger partial charge >= 0.3 is 0 Å². The molecule has 0 aromatic carbocycles. The first-order valence-electron chi connectivity index (χ1n) is 11.1. The third-order valence-electron chi connectivity index (χ3n) is 6.12. The van der Waals surface area contributed by atoms with E-state index in [4.69, 9.17) is 4.74 Å². The van der Waals surface area contributed by atoms with Gasteiger partial charge in [0.05, 0.1) is 23.7 Å². The van der Waals surface area contributed by atoms with Crippen molar-refractivity contribution in [2.45, 2.75) is 64.0 Å². The number of amides is 1. The molecule has 3 heterocycles. The summed E-state index contributed by atoms with van der Waals surface area (Å²) >= 11 is 1.39. The summed E-state index contributed by atoms with van der Waals surface area (Å²) in [5.41, 5.74) is 1.51. The molecule has 0 saturated heterocycles. The van der Waals surface area contributed by atoms with Crippen molar-refractivity contribution in [1.29, 1.82) is 0 Å². The van der Waals surface area contributed by atoms with E-state index in [1.54, 1.807) is 6.07 Å².